The van der Waals surface area contributed by atoms with Crippen molar-refractivity contribution in [3.63, 3.8) is 0 Å². The van der Waals surface area contributed by atoms with Crippen LogP contribution in [0.3, 0.4) is 0 Å². The topological polar surface area (TPSA) is 84.3 Å². The number of nitrogens with zero attached hydrogens (tertiary/aromatic N) is 2. The first-order valence-electron chi connectivity index (χ1n) is 5.09. The SMILES string of the molecule is COc1ccc(O)c(C(=O)Nc2nc(C)ns2)c1. The zero-order valence-corrected chi connectivity index (χ0v) is 10.6. The quantitative estimate of drug-likeness (QED) is 0.884. The van der Waals surface area contributed by atoms with Gasteiger partial charge in [0, 0.05) is 11.5 Å². The Morgan fingerprint density at radius 3 is 2.89 bits per heavy atom. The minimum Gasteiger partial charge on any atom is -0.507 e. The van der Waals surface area contributed by atoms with Gasteiger partial charge in [0.05, 0.1) is 12.7 Å². The van der Waals surface area contributed by atoms with Crippen LogP contribution < -0.4 is 10.1 Å². The maximum atomic E-state index is 11.9. The summed E-state index contributed by atoms with van der Waals surface area (Å²) >= 11 is 1.08. The van der Waals surface area contributed by atoms with Crippen LogP contribution in [-0.2, 0) is 0 Å². The summed E-state index contributed by atoms with van der Waals surface area (Å²) in [6.45, 7) is 1.73. The molecule has 0 saturated carbocycles. The Morgan fingerprint density at radius 1 is 1.50 bits per heavy atom. The Bertz CT molecular complexity index is 583. The molecule has 0 aliphatic carbocycles. The monoisotopic (exact) mass is 265 g/mol. The lowest BCUT2D eigenvalue weighted by atomic mass is 10.2. The van der Waals surface area contributed by atoms with Gasteiger partial charge in [-0.2, -0.15) is 4.37 Å². The minimum atomic E-state index is -0.456. The van der Waals surface area contributed by atoms with Crippen molar-refractivity contribution in [2.45, 2.75) is 6.92 Å². The van der Waals surface area contributed by atoms with Crippen LogP contribution in [0, 0.1) is 6.92 Å². The number of aromatic hydroxyl groups is 1. The van der Waals surface area contributed by atoms with Crippen molar-refractivity contribution in [1.82, 2.24) is 9.36 Å². The standard InChI is InChI=1S/C11H11N3O3S/c1-6-12-11(18-14-6)13-10(16)8-5-7(17-2)3-4-9(8)15/h3-5,15H,1-2H3,(H,12,13,14,16). The summed E-state index contributed by atoms with van der Waals surface area (Å²) in [5.41, 5.74) is 0.127. The maximum Gasteiger partial charge on any atom is 0.261 e. The summed E-state index contributed by atoms with van der Waals surface area (Å²) in [6, 6.07) is 4.43. The number of amides is 1. The zero-order chi connectivity index (χ0) is 13.1. The number of nitrogens with one attached hydrogen (secondary N) is 1. The molecule has 2 rings (SSSR count). The summed E-state index contributed by atoms with van der Waals surface area (Å²) < 4.78 is 8.95. The first kappa shape index (κ1) is 12.3. The van der Waals surface area contributed by atoms with E-state index in [-0.39, 0.29) is 11.3 Å². The molecule has 18 heavy (non-hydrogen) atoms. The second-order valence-electron chi connectivity index (χ2n) is 3.48. The van der Waals surface area contributed by atoms with E-state index in [1.807, 2.05) is 0 Å². The molecule has 1 heterocycles. The Kier molecular flexibility index (Phi) is 3.42. The number of carbonyl (C=O) groups excluding carboxylic acids is 1. The number of aryl methyl sites for hydroxylation is 1. The summed E-state index contributed by atoms with van der Waals surface area (Å²) in [4.78, 5) is 15.9. The molecule has 0 radical (unpaired) electrons. The Labute approximate surface area is 107 Å². The van der Waals surface area contributed by atoms with Crippen LogP contribution in [0.2, 0.25) is 0 Å². The summed E-state index contributed by atoms with van der Waals surface area (Å²) in [5.74, 6) is 0.508. The molecule has 94 valence electrons. The predicted octanol–water partition coefficient (Wildman–Crippen LogP) is 1.81. The van der Waals surface area contributed by atoms with Gasteiger partial charge < -0.3 is 9.84 Å². The number of phenolic OH excluding ortho intramolecular Hbond substituents is 1. The summed E-state index contributed by atoms with van der Waals surface area (Å²) in [7, 11) is 1.49. The first-order chi connectivity index (χ1) is 8.60. The number of benzene rings is 1. The lowest BCUT2D eigenvalue weighted by Crippen LogP contribution is -2.12. The van der Waals surface area contributed by atoms with Gasteiger partial charge in [0.25, 0.3) is 5.91 Å². The van der Waals surface area contributed by atoms with Gasteiger partial charge in [-0.15, -0.1) is 0 Å². The number of ether oxygens (including phenoxy) is 1. The van der Waals surface area contributed by atoms with E-state index in [1.165, 1.54) is 19.2 Å². The van der Waals surface area contributed by atoms with E-state index in [4.69, 9.17) is 4.74 Å². The normalized spacial score (nSPS) is 10.1. The number of carbonyl (C=O) groups is 1. The molecule has 7 heteroatoms. The van der Waals surface area contributed by atoms with Crippen LogP contribution in [0.1, 0.15) is 16.2 Å². The van der Waals surface area contributed by atoms with E-state index in [2.05, 4.69) is 14.7 Å². The Hall–Kier alpha value is -2.15. The van der Waals surface area contributed by atoms with Gasteiger partial charge >= 0.3 is 0 Å². The van der Waals surface area contributed by atoms with Crippen molar-refractivity contribution in [2.24, 2.45) is 0 Å². The fourth-order valence-electron chi connectivity index (χ4n) is 1.34. The van der Waals surface area contributed by atoms with Crippen molar-refractivity contribution < 1.29 is 14.6 Å². The smallest absolute Gasteiger partial charge is 0.261 e. The number of hydrogen-bond donors (Lipinski definition) is 2. The van der Waals surface area contributed by atoms with Gasteiger partial charge in [0.1, 0.15) is 17.3 Å². The average molecular weight is 265 g/mol. The van der Waals surface area contributed by atoms with Crippen LogP contribution >= 0.6 is 11.5 Å². The molecule has 1 amide bonds. The number of methoxy groups -OCH3 is 1. The van der Waals surface area contributed by atoms with Crippen molar-refractivity contribution in [1.29, 1.82) is 0 Å². The number of phenols is 1. The Balaban J connectivity index is 2.23. The van der Waals surface area contributed by atoms with Crippen LogP contribution in [0.5, 0.6) is 11.5 Å². The highest BCUT2D eigenvalue weighted by Gasteiger charge is 2.14. The van der Waals surface area contributed by atoms with E-state index < -0.39 is 5.91 Å². The van der Waals surface area contributed by atoms with Crippen molar-refractivity contribution >= 4 is 22.6 Å². The molecule has 0 spiro atoms. The number of hydrogen-bond acceptors (Lipinski definition) is 6. The predicted molar refractivity (Wildman–Crippen MR) is 67.3 cm³/mol. The van der Waals surface area contributed by atoms with E-state index in [9.17, 15) is 9.90 Å². The van der Waals surface area contributed by atoms with E-state index in [1.54, 1.807) is 13.0 Å². The van der Waals surface area contributed by atoms with Gasteiger partial charge in [-0.1, -0.05) is 0 Å². The molecule has 1 aromatic carbocycles. The number of anilines is 1. The second kappa shape index (κ2) is 5.01. The molecule has 0 aliphatic rings. The number of rotatable bonds is 3. The summed E-state index contributed by atoms with van der Waals surface area (Å²) in [5, 5.41) is 12.6. The highest BCUT2D eigenvalue weighted by atomic mass is 32.1. The molecular weight excluding hydrogens is 254 g/mol. The molecule has 0 atom stereocenters. The van der Waals surface area contributed by atoms with Gasteiger partial charge in [-0.05, 0) is 25.1 Å². The third kappa shape index (κ3) is 2.57. The molecule has 0 fully saturated rings. The third-order valence-corrected chi connectivity index (χ3v) is 2.92. The van der Waals surface area contributed by atoms with E-state index >= 15 is 0 Å². The minimum absolute atomic E-state index is 0.116. The molecule has 1 aromatic heterocycles. The molecule has 0 bridgehead atoms. The van der Waals surface area contributed by atoms with E-state index in [0.717, 1.165) is 11.5 Å². The lowest BCUT2D eigenvalue weighted by molar-refractivity contribution is 0.102. The first-order valence-corrected chi connectivity index (χ1v) is 5.86. The van der Waals surface area contributed by atoms with Crippen molar-refractivity contribution in [3.8, 4) is 11.5 Å². The Morgan fingerprint density at radius 2 is 2.28 bits per heavy atom. The van der Waals surface area contributed by atoms with E-state index in [0.29, 0.717) is 16.7 Å². The molecule has 0 aliphatic heterocycles. The van der Waals surface area contributed by atoms with Crippen molar-refractivity contribution in [3.05, 3.63) is 29.6 Å². The summed E-state index contributed by atoms with van der Waals surface area (Å²) in [6.07, 6.45) is 0. The lowest BCUT2D eigenvalue weighted by Gasteiger charge is -2.06. The maximum absolute atomic E-state index is 11.9. The molecule has 6 nitrogen and oxygen atoms in total. The van der Waals surface area contributed by atoms with Gasteiger partial charge in [-0.25, -0.2) is 4.98 Å². The average Bonchev–Trinajstić information content (AvgIpc) is 2.75. The highest BCUT2D eigenvalue weighted by molar-refractivity contribution is 7.09. The fourth-order valence-corrected chi connectivity index (χ4v) is 1.91. The molecule has 0 unspecified atom stereocenters. The molecule has 2 N–H and O–H groups in total. The van der Waals surface area contributed by atoms with Gasteiger partial charge in [-0.3, -0.25) is 10.1 Å². The van der Waals surface area contributed by atoms with Crippen LogP contribution in [0.25, 0.3) is 0 Å². The van der Waals surface area contributed by atoms with Crippen LogP contribution in [0.4, 0.5) is 5.13 Å². The zero-order valence-electron chi connectivity index (χ0n) is 9.80. The molecule has 2 aromatic rings. The second-order valence-corrected chi connectivity index (χ2v) is 4.24. The molecule has 0 saturated heterocycles. The van der Waals surface area contributed by atoms with Crippen LogP contribution in [0.15, 0.2) is 18.2 Å². The number of aromatic nitrogens is 2. The third-order valence-electron chi connectivity index (χ3n) is 2.20. The van der Waals surface area contributed by atoms with Gasteiger partial charge in [0.15, 0.2) is 0 Å². The fraction of sp³-hybridized carbons (Fsp3) is 0.182. The highest BCUT2D eigenvalue weighted by Crippen LogP contribution is 2.24. The largest absolute Gasteiger partial charge is 0.507 e. The van der Waals surface area contributed by atoms with Gasteiger partial charge in [0.2, 0.25) is 5.13 Å². The van der Waals surface area contributed by atoms with Crippen LogP contribution in [-0.4, -0.2) is 27.5 Å². The van der Waals surface area contributed by atoms with Crippen molar-refractivity contribution in [2.75, 3.05) is 12.4 Å². The molecular formula is C11H11N3O3S.